The molecule has 3 N–H and O–H groups in total. The first-order valence-electron chi connectivity index (χ1n) is 6.32. The van der Waals surface area contributed by atoms with Crippen LogP contribution in [0.15, 0.2) is 29.2 Å². The molecule has 6 nitrogen and oxygen atoms in total. The van der Waals surface area contributed by atoms with Crippen molar-refractivity contribution < 1.29 is 18.8 Å². The molecular formula is C13H14FN3O3S. The van der Waals surface area contributed by atoms with Crippen LogP contribution in [-0.4, -0.2) is 29.5 Å². The molecule has 0 aromatic heterocycles. The van der Waals surface area contributed by atoms with Crippen LogP contribution in [0.1, 0.15) is 12.8 Å². The number of benzene rings is 1. The maximum absolute atomic E-state index is 12.7. The van der Waals surface area contributed by atoms with E-state index >= 15 is 0 Å². The lowest BCUT2D eigenvalue weighted by molar-refractivity contribution is -0.140. The number of hydrogen-bond acceptors (Lipinski definition) is 4. The highest BCUT2D eigenvalue weighted by atomic mass is 32.2. The largest absolute Gasteiger partial charge is 0.345 e. The lowest BCUT2D eigenvalue weighted by Gasteiger charge is -2.07. The summed E-state index contributed by atoms with van der Waals surface area (Å²) < 4.78 is 12.7. The molecule has 1 saturated carbocycles. The zero-order valence-corrected chi connectivity index (χ0v) is 11.8. The Balaban J connectivity index is 1.65. The number of carbonyl (C=O) groups excluding carboxylic acids is 3. The second-order valence-corrected chi connectivity index (χ2v) is 5.54. The van der Waals surface area contributed by atoms with Gasteiger partial charge in [-0.25, -0.2) is 4.39 Å². The van der Waals surface area contributed by atoms with Crippen molar-refractivity contribution in [2.75, 3.05) is 5.75 Å². The summed E-state index contributed by atoms with van der Waals surface area (Å²) in [5, 5.41) is 2.50. The molecule has 1 aromatic carbocycles. The van der Waals surface area contributed by atoms with Crippen molar-refractivity contribution in [2.45, 2.75) is 23.8 Å². The molecule has 21 heavy (non-hydrogen) atoms. The standard InChI is InChI=1S/C13H14FN3O3S/c14-8-1-5-10(6-2-8)21-7-11(18)16-17-13(20)12(19)15-9-3-4-9/h1-2,5-6,9H,3-4,7H2,(H,15,19)(H,16,18)(H,17,20). The number of nitrogens with one attached hydrogen (secondary N) is 3. The second-order valence-electron chi connectivity index (χ2n) is 4.49. The topological polar surface area (TPSA) is 87.3 Å². The van der Waals surface area contributed by atoms with Crippen LogP contribution >= 0.6 is 11.8 Å². The molecule has 0 atom stereocenters. The predicted octanol–water partition coefficient (Wildman–Crippen LogP) is 0.344. The number of amides is 3. The molecule has 1 aromatic rings. The number of rotatable bonds is 4. The van der Waals surface area contributed by atoms with E-state index in [0.717, 1.165) is 17.7 Å². The van der Waals surface area contributed by atoms with Crippen molar-refractivity contribution >= 4 is 29.5 Å². The maximum Gasteiger partial charge on any atom is 0.327 e. The van der Waals surface area contributed by atoms with E-state index in [9.17, 15) is 18.8 Å². The van der Waals surface area contributed by atoms with E-state index in [4.69, 9.17) is 0 Å². The van der Waals surface area contributed by atoms with Crippen molar-refractivity contribution in [3.8, 4) is 0 Å². The van der Waals surface area contributed by atoms with Crippen LogP contribution in [0.2, 0.25) is 0 Å². The minimum atomic E-state index is -0.901. The summed E-state index contributed by atoms with van der Waals surface area (Å²) in [4.78, 5) is 34.9. The summed E-state index contributed by atoms with van der Waals surface area (Å²) >= 11 is 1.19. The van der Waals surface area contributed by atoms with Gasteiger partial charge in [-0.1, -0.05) is 0 Å². The number of hydrogen-bond donors (Lipinski definition) is 3. The molecule has 0 bridgehead atoms. The Morgan fingerprint density at radius 2 is 1.76 bits per heavy atom. The van der Waals surface area contributed by atoms with Gasteiger partial charge in [0, 0.05) is 10.9 Å². The molecule has 1 fully saturated rings. The Hall–Kier alpha value is -2.09. The van der Waals surface area contributed by atoms with E-state index < -0.39 is 17.7 Å². The van der Waals surface area contributed by atoms with Gasteiger partial charge in [0.05, 0.1) is 5.75 Å². The summed E-state index contributed by atoms with van der Waals surface area (Å²) in [7, 11) is 0. The fourth-order valence-corrected chi connectivity index (χ4v) is 2.08. The Morgan fingerprint density at radius 3 is 2.38 bits per heavy atom. The Morgan fingerprint density at radius 1 is 1.10 bits per heavy atom. The SMILES string of the molecule is O=C(CSc1ccc(F)cc1)NNC(=O)C(=O)NC1CC1. The summed E-state index contributed by atoms with van der Waals surface area (Å²) in [5.41, 5.74) is 4.18. The van der Waals surface area contributed by atoms with E-state index in [2.05, 4.69) is 10.7 Å². The van der Waals surface area contributed by atoms with Crippen LogP contribution in [0.5, 0.6) is 0 Å². The quantitative estimate of drug-likeness (QED) is 0.425. The highest BCUT2D eigenvalue weighted by molar-refractivity contribution is 8.00. The van der Waals surface area contributed by atoms with Crippen molar-refractivity contribution in [2.24, 2.45) is 0 Å². The van der Waals surface area contributed by atoms with E-state index in [-0.39, 0.29) is 17.6 Å². The van der Waals surface area contributed by atoms with Gasteiger partial charge in [0.25, 0.3) is 0 Å². The van der Waals surface area contributed by atoms with Crippen LogP contribution in [0, 0.1) is 5.82 Å². The third-order valence-electron chi connectivity index (χ3n) is 2.62. The minimum Gasteiger partial charge on any atom is -0.345 e. The van der Waals surface area contributed by atoms with Crippen molar-refractivity contribution in [1.82, 2.24) is 16.2 Å². The number of halogens is 1. The number of hydrazine groups is 1. The van der Waals surface area contributed by atoms with Gasteiger partial charge in [0.1, 0.15) is 5.82 Å². The minimum absolute atomic E-state index is 0.0379. The monoisotopic (exact) mass is 311 g/mol. The molecule has 0 spiro atoms. The number of carbonyl (C=O) groups is 3. The average Bonchev–Trinajstić information content (AvgIpc) is 3.28. The van der Waals surface area contributed by atoms with Gasteiger partial charge in [-0.05, 0) is 37.1 Å². The molecule has 1 aliphatic carbocycles. The second kappa shape index (κ2) is 7.07. The smallest absolute Gasteiger partial charge is 0.327 e. The lowest BCUT2D eigenvalue weighted by Crippen LogP contribution is -2.49. The molecule has 112 valence electrons. The van der Waals surface area contributed by atoms with E-state index in [1.807, 2.05) is 5.43 Å². The van der Waals surface area contributed by atoms with Crippen molar-refractivity contribution in [1.29, 1.82) is 0 Å². The molecule has 0 saturated heterocycles. The molecule has 8 heteroatoms. The van der Waals surface area contributed by atoms with Crippen LogP contribution in [0.4, 0.5) is 4.39 Å². The summed E-state index contributed by atoms with van der Waals surface area (Å²) in [6.07, 6.45) is 1.75. The predicted molar refractivity (Wildman–Crippen MR) is 74.6 cm³/mol. The van der Waals surface area contributed by atoms with E-state index in [0.29, 0.717) is 0 Å². The molecule has 1 aliphatic rings. The zero-order valence-electron chi connectivity index (χ0n) is 11.0. The van der Waals surface area contributed by atoms with Crippen molar-refractivity contribution in [3.63, 3.8) is 0 Å². The van der Waals surface area contributed by atoms with Gasteiger partial charge >= 0.3 is 11.8 Å². The van der Waals surface area contributed by atoms with Gasteiger partial charge < -0.3 is 5.32 Å². The van der Waals surface area contributed by atoms with Crippen LogP contribution in [-0.2, 0) is 14.4 Å². The van der Waals surface area contributed by atoms with Gasteiger partial charge in [-0.15, -0.1) is 11.8 Å². The maximum atomic E-state index is 12.7. The fraction of sp³-hybridized carbons (Fsp3) is 0.308. The lowest BCUT2D eigenvalue weighted by atomic mass is 10.4. The molecule has 0 aliphatic heterocycles. The first kappa shape index (κ1) is 15.3. The fourth-order valence-electron chi connectivity index (χ4n) is 1.38. The third kappa shape index (κ3) is 5.42. The molecular weight excluding hydrogens is 297 g/mol. The summed E-state index contributed by atoms with van der Waals surface area (Å²) in [6.45, 7) is 0. The highest BCUT2D eigenvalue weighted by Gasteiger charge is 2.26. The zero-order chi connectivity index (χ0) is 15.2. The normalized spacial score (nSPS) is 13.4. The van der Waals surface area contributed by atoms with Crippen LogP contribution < -0.4 is 16.2 Å². The van der Waals surface area contributed by atoms with Crippen LogP contribution in [0.25, 0.3) is 0 Å². The first-order chi connectivity index (χ1) is 10.0. The first-order valence-corrected chi connectivity index (χ1v) is 7.31. The summed E-state index contributed by atoms with van der Waals surface area (Å²) in [5.74, 6) is -2.43. The van der Waals surface area contributed by atoms with Gasteiger partial charge in [-0.3, -0.25) is 25.2 Å². The molecule has 2 rings (SSSR count). The molecule has 0 radical (unpaired) electrons. The Labute approximate surface area is 124 Å². The van der Waals surface area contributed by atoms with Gasteiger partial charge in [-0.2, -0.15) is 0 Å². The number of thioether (sulfide) groups is 1. The van der Waals surface area contributed by atoms with E-state index in [1.165, 1.54) is 23.9 Å². The average molecular weight is 311 g/mol. The third-order valence-corrected chi connectivity index (χ3v) is 3.63. The van der Waals surface area contributed by atoms with Crippen molar-refractivity contribution in [3.05, 3.63) is 30.1 Å². The van der Waals surface area contributed by atoms with Gasteiger partial charge in [0.2, 0.25) is 5.91 Å². The molecule has 0 heterocycles. The molecule has 0 unspecified atom stereocenters. The van der Waals surface area contributed by atoms with Crippen LogP contribution in [0.3, 0.4) is 0 Å². The Kier molecular flexibility index (Phi) is 5.15. The van der Waals surface area contributed by atoms with Gasteiger partial charge in [0.15, 0.2) is 0 Å². The highest BCUT2D eigenvalue weighted by Crippen LogP contribution is 2.18. The Bertz CT molecular complexity index is 546. The van der Waals surface area contributed by atoms with E-state index in [1.54, 1.807) is 12.1 Å². The summed E-state index contributed by atoms with van der Waals surface area (Å²) in [6, 6.07) is 5.77. The molecule has 3 amide bonds.